The van der Waals surface area contributed by atoms with E-state index in [4.69, 9.17) is 15.2 Å². The smallest absolute Gasteiger partial charge is 0.188 e. The van der Waals surface area contributed by atoms with Crippen molar-refractivity contribution in [1.29, 1.82) is 0 Å². The molecule has 0 saturated heterocycles. The molecule has 23 heavy (non-hydrogen) atoms. The number of guanidine groups is 1. The molecule has 0 fully saturated rings. The van der Waals surface area contributed by atoms with Crippen LogP contribution in [0.15, 0.2) is 29.3 Å². The van der Waals surface area contributed by atoms with Crippen molar-refractivity contribution in [3.8, 4) is 5.75 Å². The van der Waals surface area contributed by atoms with E-state index in [0.717, 1.165) is 24.3 Å². The summed E-state index contributed by atoms with van der Waals surface area (Å²) < 4.78 is 10.7. The van der Waals surface area contributed by atoms with Crippen molar-refractivity contribution in [2.45, 2.75) is 39.2 Å². The number of rotatable bonds is 11. The highest BCUT2D eigenvalue weighted by Gasteiger charge is 1.96. The third-order valence-corrected chi connectivity index (χ3v) is 3.27. The number of benzene rings is 1. The van der Waals surface area contributed by atoms with Gasteiger partial charge in [-0.05, 0) is 24.1 Å². The second-order valence-electron chi connectivity index (χ2n) is 5.16. The molecule has 0 spiro atoms. The summed E-state index contributed by atoms with van der Waals surface area (Å²) in [6, 6.07) is 7.86. The molecule has 0 aliphatic carbocycles. The SMILES string of the molecule is CCCCCCN=C(N)NCCOCc1ccc(OC)cc1.I. The first kappa shape index (κ1) is 22.0. The highest BCUT2D eigenvalue weighted by molar-refractivity contribution is 14.0. The molecular weight excluding hydrogens is 405 g/mol. The summed E-state index contributed by atoms with van der Waals surface area (Å²) in [6.07, 6.45) is 4.83. The lowest BCUT2D eigenvalue weighted by molar-refractivity contribution is 0.125. The maximum Gasteiger partial charge on any atom is 0.188 e. The summed E-state index contributed by atoms with van der Waals surface area (Å²) in [5.41, 5.74) is 6.91. The lowest BCUT2D eigenvalue weighted by Gasteiger charge is -2.07. The van der Waals surface area contributed by atoms with Gasteiger partial charge in [0.25, 0.3) is 0 Å². The number of aliphatic imine (C=N–C) groups is 1. The summed E-state index contributed by atoms with van der Waals surface area (Å²) >= 11 is 0. The summed E-state index contributed by atoms with van der Waals surface area (Å²) in [6.45, 7) is 4.84. The van der Waals surface area contributed by atoms with Crippen LogP contribution in [0, 0.1) is 0 Å². The van der Waals surface area contributed by atoms with Crippen LogP contribution in [0.4, 0.5) is 0 Å². The van der Waals surface area contributed by atoms with E-state index < -0.39 is 0 Å². The Balaban J connectivity index is 0.00000484. The number of nitrogens with one attached hydrogen (secondary N) is 1. The van der Waals surface area contributed by atoms with Crippen molar-refractivity contribution in [3.63, 3.8) is 0 Å². The van der Waals surface area contributed by atoms with Gasteiger partial charge in [-0.1, -0.05) is 38.3 Å². The van der Waals surface area contributed by atoms with E-state index in [1.165, 1.54) is 19.3 Å². The van der Waals surface area contributed by atoms with Crippen molar-refractivity contribution in [2.75, 3.05) is 26.8 Å². The Morgan fingerprint density at radius 1 is 1.17 bits per heavy atom. The fourth-order valence-corrected chi connectivity index (χ4v) is 1.96. The first-order valence-corrected chi connectivity index (χ1v) is 8.00. The van der Waals surface area contributed by atoms with Crippen LogP contribution in [0.1, 0.15) is 38.2 Å². The Morgan fingerprint density at radius 3 is 2.57 bits per heavy atom. The normalized spacial score (nSPS) is 11.0. The van der Waals surface area contributed by atoms with Gasteiger partial charge in [0.05, 0.1) is 20.3 Å². The van der Waals surface area contributed by atoms with Crippen molar-refractivity contribution in [2.24, 2.45) is 10.7 Å². The maximum atomic E-state index is 5.78. The van der Waals surface area contributed by atoms with Gasteiger partial charge in [-0.25, -0.2) is 0 Å². The molecule has 1 aromatic carbocycles. The third kappa shape index (κ3) is 11.2. The number of unbranched alkanes of at least 4 members (excludes halogenated alkanes) is 3. The number of nitrogens with zero attached hydrogens (tertiary/aromatic N) is 1. The van der Waals surface area contributed by atoms with Crippen LogP contribution >= 0.6 is 24.0 Å². The number of methoxy groups -OCH3 is 1. The number of halogens is 1. The van der Waals surface area contributed by atoms with Gasteiger partial charge >= 0.3 is 0 Å². The molecule has 6 heteroatoms. The second-order valence-corrected chi connectivity index (χ2v) is 5.16. The molecule has 0 bridgehead atoms. The van der Waals surface area contributed by atoms with Crippen LogP contribution in [0.3, 0.4) is 0 Å². The average molecular weight is 435 g/mol. The predicted molar refractivity (Wildman–Crippen MR) is 107 cm³/mol. The molecule has 0 saturated carbocycles. The van der Waals surface area contributed by atoms with Gasteiger partial charge in [-0.15, -0.1) is 24.0 Å². The lowest BCUT2D eigenvalue weighted by atomic mass is 10.2. The van der Waals surface area contributed by atoms with Gasteiger partial charge in [0.1, 0.15) is 5.75 Å². The fourth-order valence-electron chi connectivity index (χ4n) is 1.96. The minimum atomic E-state index is 0. The molecule has 0 aliphatic rings. The van der Waals surface area contributed by atoms with Crippen LogP contribution in [0.25, 0.3) is 0 Å². The average Bonchev–Trinajstić information content (AvgIpc) is 2.55. The van der Waals surface area contributed by atoms with Gasteiger partial charge in [-0.3, -0.25) is 4.99 Å². The zero-order chi connectivity index (χ0) is 16.0. The topological polar surface area (TPSA) is 68.9 Å². The molecule has 0 aliphatic heterocycles. The molecule has 0 unspecified atom stereocenters. The number of nitrogens with two attached hydrogens (primary N) is 1. The van der Waals surface area contributed by atoms with E-state index in [0.29, 0.717) is 25.7 Å². The molecule has 3 N–H and O–H groups in total. The van der Waals surface area contributed by atoms with E-state index in [1.54, 1.807) is 7.11 Å². The highest BCUT2D eigenvalue weighted by atomic mass is 127. The van der Waals surface area contributed by atoms with Crippen molar-refractivity contribution < 1.29 is 9.47 Å². The van der Waals surface area contributed by atoms with Crippen LogP contribution < -0.4 is 15.8 Å². The Labute approximate surface area is 157 Å². The Bertz CT molecular complexity index is 424. The summed E-state index contributed by atoms with van der Waals surface area (Å²) in [7, 11) is 1.66. The molecule has 0 heterocycles. The minimum Gasteiger partial charge on any atom is -0.497 e. The first-order chi connectivity index (χ1) is 10.8. The third-order valence-electron chi connectivity index (χ3n) is 3.27. The molecule has 0 aromatic heterocycles. The quantitative estimate of drug-likeness (QED) is 0.242. The van der Waals surface area contributed by atoms with Crippen molar-refractivity contribution in [3.05, 3.63) is 29.8 Å². The zero-order valence-electron chi connectivity index (χ0n) is 14.2. The Kier molecular flexibility index (Phi) is 13.9. The van der Waals surface area contributed by atoms with Gasteiger partial charge in [-0.2, -0.15) is 0 Å². The molecule has 132 valence electrons. The monoisotopic (exact) mass is 435 g/mol. The van der Waals surface area contributed by atoms with E-state index >= 15 is 0 Å². The molecule has 0 radical (unpaired) electrons. The number of ether oxygens (including phenoxy) is 2. The predicted octanol–water partition coefficient (Wildman–Crippen LogP) is 3.31. The number of hydrogen-bond acceptors (Lipinski definition) is 3. The zero-order valence-corrected chi connectivity index (χ0v) is 16.5. The van der Waals surface area contributed by atoms with Gasteiger partial charge in [0, 0.05) is 13.1 Å². The highest BCUT2D eigenvalue weighted by Crippen LogP contribution is 2.11. The van der Waals surface area contributed by atoms with Crippen LogP contribution in [-0.4, -0.2) is 32.8 Å². The van der Waals surface area contributed by atoms with Crippen molar-refractivity contribution >= 4 is 29.9 Å². The molecule has 0 amide bonds. The van der Waals surface area contributed by atoms with Crippen LogP contribution in [0.2, 0.25) is 0 Å². The fraction of sp³-hybridized carbons (Fsp3) is 0.588. The lowest BCUT2D eigenvalue weighted by Crippen LogP contribution is -2.34. The van der Waals surface area contributed by atoms with E-state index in [9.17, 15) is 0 Å². The van der Waals surface area contributed by atoms with E-state index in [-0.39, 0.29) is 24.0 Å². The molecule has 5 nitrogen and oxygen atoms in total. The molecular formula is C17H30IN3O2. The Morgan fingerprint density at radius 2 is 1.91 bits per heavy atom. The van der Waals surface area contributed by atoms with Gasteiger partial charge in [0.15, 0.2) is 5.96 Å². The summed E-state index contributed by atoms with van der Waals surface area (Å²) in [5, 5.41) is 3.06. The van der Waals surface area contributed by atoms with Crippen LogP contribution in [0.5, 0.6) is 5.75 Å². The van der Waals surface area contributed by atoms with Crippen LogP contribution in [-0.2, 0) is 11.3 Å². The standard InChI is InChI=1S/C17H29N3O2.HI/c1-3-4-5-6-11-19-17(18)20-12-13-22-14-15-7-9-16(21-2)10-8-15;/h7-10H,3-6,11-14H2,1-2H3,(H3,18,19,20);1H. The van der Waals surface area contributed by atoms with Gasteiger partial charge in [0.2, 0.25) is 0 Å². The van der Waals surface area contributed by atoms with Gasteiger partial charge < -0.3 is 20.5 Å². The van der Waals surface area contributed by atoms with E-state index in [1.807, 2.05) is 24.3 Å². The largest absolute Gasteiger partial charge is 0.497 e. The molecule has 1 rings (SSSR count). The first-order valence-electron chi connectivity index (χ1n) is 8.00. The second kappa shape index (κ2) is 14.6. The molecule has 0 atom stereocenters. The summed E-state index contributed by atoms with van der Waals surface area (Å²) in [4.78, 5) is 4.28. The number of hydrogen-bond donors (Lipinski definition) is 2. The molecule has 1 aromatic rings. The van der Waals surface area contributed by atoms with Crippen molar-refractivity contribution in [1.82, 2.24) is 5.32 Å². The summed E-state index contributed by atoms with van der Waals surface area (Å²) in [5.74, 6) is 1.36. The maximum absolute atomic E-state index is 5.78. The van der Waals surface area contributed by atoms with E-state index in [2.05, 4.69) is 17.2 Å². The minimum absolute atomic E-state index is 0. The Hall–Kier alpha value is -1.02.